The first-order chi connectivity index (χ1) is 42.4. The van der Waals surface area contributed by atoms with Crippen molar-refractivity contribution < 1.29 is 15.7 Å². The highest BCUT2D eigenvalue weighted by molar-refractivity contribution is 6.09. The smallest absolute Gasteiger partial charge is 0.137 e. The van der Waals surface area contributed by atoms with Crippen LogP contribution in [0, 0.1) is 5.92 Å². The third-order valence-corrected chi connectivity index (χ3v) is 16.4. The molecular formula is C76H72N4O. The van der Waals surface area contributed by atoms with Crippen LogP contribution in [0.1, 0.15) is 108 Å². The van der Waals surface area contributed by atoms with Crippen LogP contribution in [0.15, 0.2) is 218 Å². The standard InChI is InChI=1S/C76H72N4O/c1-50(2)40-55-45-72(77-48-65(55)52-24-14-11-15-25-52)80-68-31-17-16-28-63(68)64-36-35-60(47-71(64)80)81-59-27-20-26-58(46-59)78-49-79(70-33-19-18-32-69(70)78)73-61(53-34-37-66-67(44-53)76(8,9)39-38-75(66,6)7)29-21-30-62(73)56-41-54(51-22-12-10-13-23-51)42-57(43-56)74(3,4)5/h10-37,41-48,50H,38-40,49H2,1-9H3/i34D,37D,40D2,41D,42D,43D,44D. The molecule has 0 spiro atoms. The largest absolute Gasteiger partial charge is 0.457 e. The molecule has 13 rings (SSSR count). The quantitative estimate of drug-likeness (QED) is 0.129. The fraction of sp³-hybridized carbons (Fsp3) is 0.224. The first-order valence-corrected chi connectivity index (χ1v) is 28.4. The summed E-state index contributed by atoms with van der Waals surface area (Å²) in [5.74, 6) is 1.44. The first-order valence-electron chi connectivity index (χ1n) is 32.4. The Morgan fingerprint density at radius 2 is 1.19 bits per heavy atom. The lowest BCUT2D eigenvalue weighted by atomic mass is 9.63. The van der Waals surface area contributed by atoms with Crippen molar-refractivity contribution in [3.05, 3.63) is 241 Å². The maximum atomic E-state index is 10.3. The Hall–Kier alpha value is -8.67. The van der Waals surface area contributed by atoms with Gasteiger partial charge in [0.1, 0.15) is 24.0 Å². The number of benzene rings is 9. The van der Waals surface area contributed by atoms with E-state index in [9.17, 15) is 11.0 Å². The van der Waals surface area contributed by atoms with Gasteiger partial charge in [0.05, 0.1) is 36.3 Å². The summed E-state index contributed by atoms with van der Waals surface area (Å²) in [5, 5.41) is 2.02. The summed E-state index contributed by atoms with van der Waals surface area (Å²) in [4.78, 5) is 9.44. The molecule has 0 bridgehead atoms. The monoisotopic (exact) mass is 1060 g/mol. The summed E-state index contributed by atoms with van der Waals surface area (Å²) in [7, 11) is 0. The van der Waals surface area contributed by atoms with E-state index in [0.29, 0.717) is 67.5 Å². The van der Waals surface area contributed by atoms with Crippen molar-refractivity contribution in [3.63, 3.8) is 0 Å². The number of pyridine rings is 1. The molecule has 402 valence electrons. The molecule has 1 aliphatic carbocycles. The van der Waals surface area contributed by atoms with E-state index >= 15 is 0 Å². The Bertz CT molecular complexity index is 4640. The molecule has 2 aliphatic rings. The van der Waals surface area contributed by atoms with Gasteiger partial charge in [-0.3, -0.25) is 4.57 Å². The van der Waals surface area contributed by atoms with Gasteiger partial charge in [-0.05, 0) is 146 Å². The minimum Gasteiger partial charge on any atom is -0.457 e. The second-order valence-corrected chi connectivity index (χ2v) is 24.5. The van der Waals surface area contributed by atoms with Crippen LogP contribution in [-0.4, -0.2) is 16.2 Å². The molecule has 11 aromatic rings. The average molecular weight is 1070 g/mol. The van der Waals surface area contributed by atoms with Gasteiger partial charge in [-0.1, -0.05) is 208 Å². The summed E-state index contributed by atoms with van der Waals surface area (Å²) in [6.07, 6.45) is 1.75. The number of hydrogen-bond donors (Lipinski definition) is 0. The van der Waals surface area contributed by atoms with Gasteiger partial charge >= 0.3 is 0 Å². The van der Waals surface area contributed by atoms with Crippen LogP contribution in [0.25, 0.3) is 72.1 Å². The van der Waals surface area contributed by atoms with Crippen LogP contribution < -0.4 is 14.5 Å². The van der Waals surface area contributed by atoms with E-state index in [1.807, 2.05) is 180 Å². The summed E-state index contributed by atoms with van der Waals surface area (Å²) in [6.45, 7) is 18.6. The third kappa shape index (κ3) is 9.56. The molecule has 2 aromatic heterocycles. The van der Waals surface area contributed by atoms with Crippen LogP contribution in [0.4, 0.5) is 22.7 Å². The lowest BCUT2D eigenvalue weighted by Gasteiger charge is -2.42. The van der Waals surface area contributed by atoms with Crippen LogP contribution in [0.5, 0.6) is 11.5 Å². The molecule has 9 aromatic carbocycles. The average Bonchev–Trinajstić information content (AvgIpc) is 1.55. The summed E-state index contributed by atoms with van der Waals surface area (Å²) < 4.78 is 88.2. The van der Waals surface area contributed by atoms with E-state index < -0.39 is 22.6 Å². The van der Waals surface area contributed by atoms with Crippen molar-refractivity contribution in [3.8, 4) is 61.8 Å². The molecule has 0 radical (unpaired) electrons. The molecule has 0 saturated carbocycles. The Morgan fingerprint density at radius 1 is 0.556 bits per heavy atom. The summed E-state index contributed by atoms with van der Waals surface area (Å²) in [6, 6.07) is 57.9. The number of nitrogens with zero attached hydrogens (tertiary/aromatic N) is 4. The van der Waals surface area contributed by atoms with Crippen molar-refractivity contribution in [1.29, 1.82) is 0 Å². The minimum atomic E-state index is -1.67. The van der Waals surface area contributed by atoms with Gasteiger partial charge in [-0.25, -0.2) is 4.98 Å². The number of ether oxygens (including phenoxy) is 1. The van der Waals surface area contributed by atoms with Crippen molar-refractivity contribution in [2.24, 2.45) is 5.92 Å². The van der Waals surface area contributed by atoms with Gasteiger partial charge in [0.2, 0.25) is 0 Å². The van der Waals surface area contributed by atoms with E-state index in [1.54, 1.807) is 6.20 Å². The highest BCUT2D eigenvalue weighted by Gasteiger charge is 2.38. The SMILES string of the molecule is [2H]c1c([2H])c2c(c([2H])c1-c1cccc(-c3c([2H])c(-c4ccccc4)c([2H])c(C(C)(C)C)c3[2H])c1N1CN(c3cccc(Oc4ccc5c6ccccc6n(-c6cc(C([2H])([2H])C(C)C)c(-c7ccccc7)cn6)c5c4)c3)c3ccccc31)C(C)(C)CCC2(C)C. The minimum absolute atomic E-state index is 0.0351. The Labute approximate surface area is 490 Å². The molecule has 0 atom stereocenters. The van der Waals surface area contributed by atoms with Crippen LogP contribution in [0.3, 0.4) is 0 Å². The zero-order valence-corrected chi connectivity index (χ0v) is 47.7. The number of hydrogen-bond acceptors (Lipinski definition) is 4. The van der Waals surface area contributed by atoms with Gasteiger partial charge in [0, 0.05) is 54.2 Å². The normalized spacial score (nSPS) is 16.2. The van der Waals surface area contributed by atoms with Crippen molar-refractivity contribution in [2.75, 3.05) is 16.5 Å². The molecule has 3 heterocycles. The summed E-state index contributed by atoms with van der Waals surface area (Å²) in [5.41, 5.74) is 10.4. The Morgan fingerprint density at radius 3 is 1.93 bits per heavy atom. The lowest BCUT2D eigenvalue weighted by molar-refractivity contribution is 0.332. The lowest BCUT2D eigenvalue weighted by Crippen LogP contribution is -2.33. The van der Waals surface area contributed by atoms with Crippen molar-refractivity contribution in [1.82, 2.24) is 9.55 Å². The van der Waals surface area contributed by atoms with Gasteiger partial charge in [0.25, 0.3) is 0 Å². The topological polar surface area (TPSA) is 33.5 Å². The molecule has 1 aliphatic heterocycles. The van der Waals surface area contributed by atoms with E-state index in [1.165, 1.54) is 0 Å². The van der Waals surface area contributed by atoms with Gasteiger partial charge < -0.3 is 14.5 Å². The van der Waals surface area contributed by atoms with E-state index in [-0.39, 0.29) is 48.8 Å². The highest BCUT2D eigenvalue weighted by atomic mass is 16.5. The molecule has 0 unspecified atom stereocenters. The molecule has 0 amide bonds. The second kappa shape index (κ2) is 20.1. The highest BCUT2D eigenvalue weighted by Crippen LogP contribution is 2.53. The van der Waals surface area contributed by atoms with E-state index in [0.717, 1.165) is 74.0 Å². The van der Waals surface area contributed by atoms with Crippen LogP contribution in [0.2, 0.25) is 0 Å². The van der Waals surface area contributed by atoms with Crippen molar-refractivity contribution >= 4 is 44.6 Å². The number of fused-ring (bicyclic) bond motifs is 5. The van der Waals surface area contributed by atoms with Gasteiger partial charge in [0.15, 0.2) is 0 Å². The van der Waals surface area contributed by atoms with E-state index in [2.05, 4.69) is 72.4 Å². The predicted octanol–water partition coefficient (Wildman–Crippen LogP) is 20.7. The molecule has 81 heavy (non-hydrogen) atoms. The van der Waals surface area contributed by atoms with Crippen LogP contribution in [-0.2, 0) is 22.6 Å². The van der Waals surface area contributed by atoms with E-state index in [4.69, 9.17) is 9.72 Å². The van der Waals surface area contributed by atoms with Gasteiger partial charge in [-0.2, -0.15) is 0 Å². The number of aromatic nitrogens is 2. The van der Waals surface area contributed by atoms with Crippen LogP contribution >= 0.6 is 0 Å². The number of rotatable bonds is 11. The fourth-order valence-electron chi connectivity index (χ4n) is 12.0. The number of para-hydroxylation sites is 4. The Balaban J connectivity index is 0.963. The Kier molecular flexibility index (Phi) is 10.7. The zero-order chi connectivity index (χ0) is 62.8. The molecule has 0 N–H and O–H groups in total. The summed E-state index contributed by atoms with van der Waals surface area (Å²) >= 11 is 0. The van der Waals surface area contributed by atoms with Crippen molar-refractivity contribution in [2.45, 2.75) is 97.8 Å². The maximum absolute atomic E-state index is 10.3. The fourth-order valence-corrected chi connectivity index (χ4v) is 12.0. The third-order valence-electron chi connectivity index (χ3n) is 16.4. The first kappa shape index (κ1) is 43.2. The zero-order valence-electron chi connectivity index (χ0n) is 55.7. The van der Waals surface area contributed by atoms with Gasteiger partial charge in [-0.15, -0.1) is 0 Å². The molecule has 0 saturated heterocycles. The maximum Gasteiger partial charge on any atom is 0.137 e. The predicted molar refractivity (Wildman–Crippen MR) is 341 cm³/mol. The molecule has 0 fully saturated rings. The second-order valence-electron chi connectivity index (χ2n) is 24.5. The molecular weight excluding hydrogens is 985 g/mol. The molecule has 5 nitrogen and oxygen atoms in total. The number of anilines is 4. The molecule has 5 heteroatoms.